The Kier molecular flexibility index (Phi) is 9.49. The van der Waals surface area contributed by atoms with E-state index in [2.05, 4.69) is 37.9 Å². The van der Waals surface area contributed by atoms with E-state index in [0.29, 0.717) is 12.0 Å². The lowest BCUT2D eigenvalue weighted by molar-refractivity contribution is 0.0151. The first kappa shape index (κ1) is 17.9. The number of nitrogens with zero attached hydrogens (tertiary/aromatic N) is 1. The van der Waals surface area contributed by atoms with Crippen LogP contribution in [0.1, 0.15) is 53.4 Å². The van der Waals surface area contributed by atoms with Gasteiger partial charge in [0.2, 0.25) is 0 Å². The number of hydrogen-bond donors (Lipinski definition) is 1. The summed E-state index contributed by atoms with van der Waals surface area (Å²) in [5.41, 5.74) is 0. The molecule has 1 N–H and O–H groups in total. The van der Waals surface area contributed by atoms with Crippen LogP contribution in [-0.2, 0) is 4.74 Å². The minimum absolute atomic E-state index is 0.652. The summed E-state index contributed by atoms with van der Waals surface area (Å²) in [6.07, 6.45) is 4.99. The van der Waals surface area contributed by atoms with Crippen LogP contribution in [0, 0.1) is 11.8 Å². The van der Waals surface area contributed by atoms with E-state index >= 15 is 0 Å². The van der Waals surface area contributed by atoms with Crippen LogP contribution in [0.3, 0.4) is 0 Å². The molecule has 2 atom stereocenters. The molecule has 3 heteroatoms. The molecular weight excluding hydrogens is 248 g/mol. The van der Waals surface area contributed by atoms with Gasteiger partial charge >= 0.3 is 0 Å². The minimum Gasteiger partial charge on any atom is -0.381 e. The Morgan fingerprint density at radius 3 is 2.55 bits per heavy atom. The topological polar surface area (TPSA) is 24.5 Å². The molecule has 0 bridgehead atoms. The Bertz CT molecular complexity index is 231. The number of rotatable bonds is 10. The summed E-state index contributed by atoms with van der Waals surface area (Å²) in [5.74, 6) is 1.51. The van der Waals surface area contributed by atoms with Crippen LogP contribution < -0.4 is 5.32 Å². The highest BCUT2D eigenvalue weighted by Crippen LogP contribution is 2.18. The molecule has 0 aliphatic carbocycles. The van der Waals surface area contributed by atoms with Gasteiger partial charge in [0, 0.05) is 31.7 Å². The molecule has 0 amide bonds. The fraction of sp³-hybridized carbons (Fsp3) is 1.00. The van der Waals surface area contributed by atoms with E-state index in [1.165, 1.54) is 38.8 Å². The zero-order valence-electron chi connectivity index (χ0n) is 14.2. The molecule has 20 heavy (non-hydrogen) atoms. The number of nitrogens with one attached hydrogen (secondary N) is 1. The molecule has 1 fully saturated rings. The third-order valence-corrected chi connectivity index (χ3v) is 4.74. The number of hydrogen-bond acceptors (Lipinski definition) is 3. The molecule has 0 spiro atoms. The Labute approximate surface area is 126 Å². The molecule has 0 aromatic heterocycles. The molecular formula is C17H36N2O. The van der Waals surface area contributed by atoms with Gasteiger partial charge in [-0.25, -0.2) is 0 Å². The van der Waals surface area contributed by atoms with Crippen LogP contribution in [0.25, 0.3) is 0 Å². The summed E-state index contributed by atoms with van der Waals surface area (Å²) in [6, 6.07) is 0.652. The van der Waals surface area contributed by atoms with Crippen molar-refractivity contribution in [2.24, 2.45) is 11.8 Å². The monoisotopic (exact) mass is 284 g/mol. The maximum atomic E-state index is 5.73. The molecule has 2 unspecified atom stereocenters. The highest BCUT2D eigenvalue weighted by molar-refractivity contribution is 4.82. The normalized spacial score (nSPS) is 23.7. The van der Waals surface area contributed by atoms with Gasteiger partial charge in [-0.2, -0.15) is 0 Å². The molecule has 1 saturated heterocycles. The lowest BCUT2D eigenvalue weighted by atomic mass is 9.94. The van der Waals surface area contributed by atoms with Gasteiger partial charge in [-0.15, -0.1) is 0 Å². The summed E-state index contributed by atoms with van der Waals surface area (Å²) in [5, 5.41) is 3.73. The average Bonchev–Trinajstić information content (AvgIpc) is 2.50. The van der Waals surface area contributed by atoms with Crippen molar-refractivity contribution < 1.29 is 4.74 Å². The van der Waals surface area contributed by atoms with Crippen LogP contribution in [0.15, 0.2) is 0 Å². The van der Waals surface area contributed by atoms with Gasteiger partial charge in [0.15, 0.2) is 0 Å². The summed E-state index contributed by atoms with van der Waals surface area (Å²) in [4.78, 5) is 2.64. The van der Waals surface area contributed by atoms with E-state index in [4.69, 9.17) is 4.74 Å². The first-order valence-corrected chi connectivity index (χ1v) is 8.78. The fourth-order valence-corrected chi connectivity index (χ4v) is 3.15. The van der Waals surface area contributed by atoms with E-state index in [0.717, 1.165) is 32.2 Å². The van der Waals surface area contributed by atoms with Crippen molar-refractivity contribution in [3.8, 4) is 0 Å². The third-order valence-electron chi connectivity index (χ3n) is 4.74. The average molecular weight is 284 g/mol. The van der Waals surface area contributed by atoms with Crippen molar-refractivity contribution in [3.63, 3.8) is 0 Å². The molecule has 1 aliphatic rings. The Morgan fingerprint density at radius 1 is 1.20 bits per heavy atom. The van der Waals surface area contributed by atoms with Crippen molar-refractivity contribution in [3.05, 3.63) is 0 Å². The van der Waals surface area contributed by atoms with Crippen LogP contribution in [-0.4, -0.2) is 50.3 Å². The van der Waals surface area contributed by atoms with Crippen molar-refractivity contribution >= 4 is 0 Å². The zero-order valence-corrected chi connectivity index (χ0v) is 14.2. The molecule has 1 aliphatic heterocycles. The molecule has 0 saturated carbocycles. The molecule has 3 nitrogen and oxygen atoms in total. The van der Waals surface area contributed by atoms with Gasteiger partial charge in [0.05, 0.1) is 6.61 Å². The molecule has 1 heterocycles. The first-order chi connectivity index (χ1) is 9.74. The predicted molar refractivity (Wildman–Crippen MR) is 87.2 cm³/mol. The van der Waals surface area contributed by atoms with E-state index in [1.807, 2.05) is 0 Å². The predicted octanol–water partition coefficient (Wildman–Crippen LogP) is 3.15. The Balaban J connectivity index is 2.47. The van der Waals surface area contributed by atoms with Crippen LogP contribution in [0.2, 0.25) is 0 Å². The standard InChI is InChI=1S/C17H36N2O/c1-5-10-18-17-9-11-20-14-16(17)13-19(8-4)12-15(6-2)7-3/h15-18H,5-14H2,1-4H3. The molecule has 0 radical (unpaired) electrons. The second kappa shape index (κ2) is 10.6. The van der Waals surface area contributed by atoms with Crippen molar-refractivity contribution in [1.29, 1.82) is 0 Å². The molecule has 120 valence electrons. The van der Waals surface area contributed by atoms with Crippen molar-refractivity contribution in [2.45, 2.75) is 59.4 Å². The van der Waals surface area contributed by atoms with Crippen LogP contribution >= 0.6 is 0 Å². The SMILES string of the molecule is CCCNC1CCOCC1CN(CC)CC(CC)CC. The van der Waals surface area contributed by atoms with Crippen molar-refractivity contribution in [2.75, 3.05) is 39.4 Å². The lowest BCUT2D eigenvalue weighted by Gasteiger charge is -2.36. The second-order valence-corrected chi connectivity index (χ2v) is 6.22. The van der Waals surface area contributed by atoms with Crippen LogP contribution in [0.4, 0.5) is 0 Å². The van der Waals surface area contributed by atoms with E-state index in [-0.39, 0.29) is 0 Å². The summed E-state index contributed by atoms with van der Waals surface area (Å²) >= 11 is 0. The largest absolute Gasteiger partial charge is 0.381 e. The van der Waals surface area contributed by atoms with Gasteiger partial charge in [-0.05, 0) is 31.8 Å². The van der Waals surface area contributed by atoms with Gasteiger partial charge in [-0.3, -0.25) is 0 Å². The lowest BCUT2D eigenvalue weighted by Crippen LogP contribution is -2.48. The molecule has 0 aromatic carbocycles. The second-order valence-electron chi connectivity index (χ2n) is 6.22. The van der Waals surface area contributed by atoms with Crippen LogP contribution in [0.5, 0.6) is 0 Å². The van der Waals surface area contributed by atoms with E-state index in [1.54, 1.807) is 0 Å². The Morgan fingerprint density at radius 2 is 1.95 bits per heavy atom. The van der Waals surface area contributed by atoms with Gasteiger partial charge in [0.25, 0.3) is 0 Å². The van der Waals surface area contributed by atoms with E-state index in [9.17, 15) is 0 Å². The highest BCUT2D eigenvalue weighted by atomic mass is 16.5. The third kappa shape index (κ3) is 6.11. The Hall–Kier alpha value is -0.120. The minimum atomic E-state index is 0.652. The maximum Gasteiger partial charge on any atom is 0.0521 e. The zero-order chi connectivity index (χ0) is 14.8. The van der Waals surface area contributed by atoms with Gasteiger partial charge < -0.3 is 15.0 Å². The smallest absolute Gasteiger partial charge is 0.0521 e. The first-order valence-electron chi connectivity index (χ1n) is 8.78. The summed E-state index contributed by atoms with van der Waals surface area (Å²) < 4.78 is 5.73. The summed E-state index contributed by atoms with van der Waals surface area (Å²) in [6.45, 7) is 15.8. The van der Waals surface area contributed by atoms with Gasteiger partial charge in [-0.1, -0.05) is 40.5 Å². The molecule has 1 rings (SSSR count). The van der Waals surface area contributed by atoms with Gasteiger partial charge in [0.1, 0.15) is 0 Å². The van der Waals surface area contributed by atoms with E-state index < -0.39 is 0 Å². The fourth-order valence-electron chi connectivity index (χ4n) is 3.15. The maximum absolute atomic E-state index is 5.73. The molecule has 0 aromatic rings. The summed E-state index contributed by atoms with van der Waals surface area (Å²) in [7, 11) is 0. The van der Waals surface area contributed by atoms with Crippen molar-refractivity contribution in [1.82, 2.24) is 10.2 Å². The number of ether oxygens (including phenoxy) is 1. The quantitative estimate of drug-likeness (QED) is 0.667. The highest BCUT2D eigenvalue weighted by Gasteiger charge is 2.27.